The lowest BCUT2D eigenvalue weighted by molar-refractivity contribution is 1.68. The molecule has 0 amide bonds. The van der Waals surface area contributed by atoms with E-state index in [1.165, 1.54) is 109 Å². The van der Waals surface area contributed by atoms with Crippen molar-refractivity contribution >= 4 is 75.4 Å². The predicted molar refractivity (Wildman–Crippen MR) is 225 cm³/mol. The van der Waals surface area contributed by atoms with Crippen LogP contribution in [0.1, 0.15) is 0 Å². The van der Waals surface area contributed by atoms with Crippen LogP contribution in [0.15, 0.2) is 194 Å². The van der Waals surface area contributed by atoms with Gasteiger partial charge in [0.2, 0.25) is 0 Å². The topological polar surface area (TPSA) is 0 Å². The van der Waals surface area contributed by atoms with Crippen LogP contribution in [-0.2, 0) is 0 Å². The van der Waals surface area contributed by atoms with Crippen molar-refractivity contribution in [3.8, 4) is 33.4 Å². The van der Waals surface area contributed by atoms with Gasteiger partial charge in [-0.15, -0.1) is 0 Å². The van der Waals surface area contributed by atoms with Gasteiger partial charge in [-0.3, -0.25) is 0 Å². The first-order chi connectivity index (χ1) is 25.8. The Morgan fingerprint density at radius 2 is 0.596 bits per heavy atom. The molecular weight excluding hydrogens is 625 g/mol. The van der Waals surface area contributed by atoms with E-state index in [1.807, 2.05) is 0 Å². The average Bonchev–Trinajstić information content (AvgIpc) is 3.22. The van der Waals surface area contributed by atoms with Crippen LogP contribution in [0.25, 0.3) is 109 Å². The molecule has 0 saturated carbocycles. The van der Waals surface area contributed by atoms with Gasteiger partial charge in [0.1, 0.15) is 0 Å². The summed E-state index contributed by atoms with van der Waals surface area (Å²) in [7, 11) is 0. The van der Waals surface area contributed by atoms with Crippen LogP contribution < -0.4 is 0 Å². The van der Waals surface area contributed by atoms with Crippen molar-refractivity contribution in [2.45, 2.75) is 0 Å². The lowest BCUT2D eigenvalue weighted by Crippen LogP contribution is -1.91. The maximum absolute atomic E-state index is 2.47. The molecule has 0 aliphatic heterocycles. The van der Waals surface area contributed by atoms with Crippen LogP contribution in [0.3, 0.4) is 0 Å². The minimum atomic E-state index is 1.23. The molecule has 240 valence electrons. The maximum atomic E-state index is 2.47. The Balaban J connectivity index is 1.29. The van der Waals surface area contributed by atoms with Crippen molar-refractivity contribution < 1.29 is 0 Å². The Kier molecular flexibility index (Phi) is 6.35. The second-order valence-electron chi connectivity index (χ2n) is 14.0. The van der Waals surface area contributed by atoms with Gasteiger partial charge in [0, 0.05) is 0 Å². The average molecular weight is 657 g/mol. The van der Waals surface area contributed by atoms with Gasteiger partial charge in [0.05, 0.1) is 0 Å². The Morgan fingerprint density at radius 1 is 0.173 bits per heavy atom. The molecule has 0 spiro atoms. The third-order valence-electron chi connectivity index (χ3n) is 11.2. The Morgan fingerprint density at radius 3 is 1.21 bits per heavy atom. The molecule has 0 atom stereocenters. The highest BCUT2D eigenvalue weighted by molar-refractivity contribution is 6.26. The van der Waals surface area contributed by atoms with Gasteiger partial charge in [-0.25, -0.2) is 0 Å². The predicted octanol–water partition coefficient (Wildman–Crippen LogP) is 14.8. The van der Waals surface area contributed by atoms with Crippen molar-refractivity contribution in [3.63, 3.8) is 0 Å². The van der Waals surface area contributed by atoms with Crippen LogP contribution in [-0.4, -0.2) is 0 Å². The van der Waals surface area contributed by atoms with E-state index < -0.39 is 0 Å². The molecule has 0 bridgehead atoms. The molecule has 0 aliphatic rings. The van der Waals surface area contributed by atoms with Crippen molar-refractivity contribution in [1.82, 2.24) is 0 Å². The summed E-state index contributed by atoms with van der Waals surface area (Å²) in [6.07, 6.45) is 0. The fourth-order valence-corrected chi connectivity index (χ4v) is 8.83. The summed E-state index contributed by atoms with van der Waals surface area (Å²) in [6, 6.07) is 72.0. The lowest BCUT2D eigenvalue weighted by atomic mass is 9.85. The second-order valence-corrected chi connectivity index (χ2v) is 14.0. The third-order valence-corrected chi connectivity index (χ3v) is 11.2. The van der Waals surface area contributed by atoms with Crippen LogP contribution in [0.2, 0.25) is 0 Å². The van der Waals surface area contributed by atoms with Gasteiger partial charge < -0.3 is 0 Å². The summed E-state index contributed by atoms with van der Waals surface area (Å²) >= 11 is 0. The number of hydrogen-bond donors (Lipinski definition) is 0. The van der Waals surface area contributed by atoms with Gasteiger partial charge >= 0.3 is 0 Å². The summed E-state index contributed by atoms with van der Waals surface area (Å²) in [5.74, 6) is 0. The van der Waals surface area contributed by atoms with Gasteiger partial charge in [0.15, 0.2) is 0 Å². The smallest absolute Gasteiger partial charge is 0.00923 e. The number of benzene rings is 11. The number of hydrogen-bond acceptors (Lipinski definition) is 0. The largest absolute Gasteiger partial charge is 0.0616 e. The first-order valence-corrected chi connectivity index (χ1v) is 18.1. The zero-order valence-electron chi connectivity index (χ0n) is 28.5. The van der Waals surface area contributed by atoms with E-state index in [9.17, 15) is 0 Å². The Hall–Kier alpha value is -6.76. The standard InChI is InChI=1S/C52H32/c1-4-18-37-33(13-1)16-11-25-41(37)49-31-52-46-28-27-36(47-29-35-15-3-6-20-39(35)40-21-7-8-22-43(40)47)30-48(46)50(32-51(52)45-24-10-9-23-44(45)49)42-26-12-17-34-14-2-5-19-38(34)42/h1-32H. The molecule has 11 aromatic rings. The van der Waals surface area contributed by atoms with Crippen molar-refractivity contribution in [3.05, 3.63) is 194 Å². The molecule has 0 N–H and O–H groups in total. The van der Waals surface area contributed by atoms with Crippen LogP contribution in [0.4, 0.5) is 0 Å². The zero-order chi connectivity index (χ0) is 34.2. The van der Waals surface area contributed by atoms with Crippen molar-refractivity contribution in [2.75, 3.05) is 0 Å². The molecule has 0 heteroatoms. The van der Waals surface area contributed by atoms with Crippen molar-refractivity contribution in [1.29, 1.82) is 0 Å². The molecule has 0 saturated heterocycles. The number of fused-ring (bicyclic) bond motifs is 10. The normalized spacial score (nSPS) is 11.8. The molecule has 52 heavy (non-hydrogen) atoms. The fraction of sp³-hybridized carbons (Fsp3) is 0. The zero-order valence-corrected chi connectivity index (χ0v) is 28.5. The van der Waals surface area contributed by atoms with Gasteiger partial charge in [-0.2, -0.15) is 0 Å². The highest BCUT2D eigenvalue weighted by atomic mass is 14.2. The molecular formula is C52H32. The fourth-order valence-electron chi connectivity index (χ4n) is 8.83. The number of rotatable bonds is 3. The molecule has 0 nitrogen and oxygen atoms in total. The summed E-state index contributed by atoms with van der Waals surface area (Å²) in [4.78, 5) is 0. The molecule has 0 unspecified atom stereocenters. The SMILES string of the molecule is c1ccc2c(-c3cc4c5ccc(-c6cc7ccccc7c7ccccc67)cc5c(-c5cccc6ccccc56)cc4c4ccccc34)cccc2c1. The minimum absolute atomic E-state index is 1.23. The molecule has 0 aliphatic carbocycles. The maximum Gasteiger partial charge on any atom is -0.00923 e. The highest BCUT2D eigenvalue weighted by Crippen LogP contribution is 2.46. The van der Waals surface area contributed by atoms with E-state index in [4.69, 9.17) is 0 Å². The minimum Gasteiger partial charge on any atom is -0.0616 e. The van der Waals surface area contributed by atoms with E-state index in [2.05, 4.69) is 194 Å². The summed E-state index contributed by atoms with van der Waals surface area (Å²) < 4.78 is 0. The molecule has 0 heterocycles. The molecule has 0 aromatic heterocycles. The highest BCUT2D eigenvalue weighted by Gasteiger charge is 2.18. The van der Waals surface area contributed by atoms with Crippen molar-refractivity contribution in [2.24, 2.45) is 0 Å². The Labute approximate surface area is 301 Å². The first-order valence-electron chi connectivity index (χ1n) is 18.1. The first kappa shape index (κ1) is 29.0. The lowest BCUT2D eigenvalue weighted by Gasteiger charge is -2.19. The van der Waals surface area contributed by atoms with Crippen LogP contribution in [0.5, 0.6) is 0 Å². The van der Waals surface area contributed by atoms with Gasteiger partial charge in [-0.05, 0) is 133 Å². The van der Waals surface area contributed by atoms with Gasteiger partial charge in [-0.1, -0.05) is 170 Å². The van der Waals surface area contributed by atoms with Crippen LogP contribution >= 0.6 is 0 Å². The van der Waals surface area contributed by atoms with E-state index in [-0.39, 0.29) is 0 Å². The summed E-state index contributed by atoms with van der Waals surface area (Å²) in [6.45, 7) is 0. The van der Waals surface area contributed by atoms with E-state index in [1.54, 1.807) is 0 Å². The van der Waals surface area contributed by atoms with E-state index in [0.717, 1.165) is 0 Å². The van der Waals surface area contributed by atoms with Crippen LogP contribution in [0, 0.1) is 0 Å². The summed E-state index contributed by atoms with van der Waals surface area (Å²) in [5, 5.41) is 17.8. The van der Waals surface area contributed by atoms with E-state index >= 15 is 0 Å². The van der Waals surface area contributed by atoms with E-state index in [0.29, 0.717) is 0 Å². The summed E-state index contributed by atoms with van der Waals surface area (Å²) in [5.41, 5.74) is 7.54. The molecule has 0 radical (unpaired) electrons. The monoisotopic (exact) mass is 656 g/mol. The molecule has 11 rings (SSSR count). The van der Waals surface area contributed by atoms with Gasteiger partial charge in [0.25, 0.3) is 0 Å². The molecule has 11 aromatic carbocycles. The Bertz CT molecular complexity index is 3230. The quantitative estimate of drug-likeness (QED) is 0.166. The third kappa shape index (κ3) is 4.35. The molecule has 0 fully saturated rings. The second kappa shape index (κ2) is 11.4.